The van der Waals surface area contributed by atoms with Crippen LogP contribution in [0.3, 0.4) is 0 Å². The van der Waals surface area contributed by atoms with Crippen molar-refractivity contribution in [3.63, 3.8) is 0 Å². The van der Waals surface area contributed by atoms with Gasteiger partial charge in [-0.25, -0.2) is 9.97 Å². The Kier molecular flexibility index (Phi) is 6.85. The van der Waals surface area contributed by atoms with Crippen molar-refractivity contribution in [3.8, 4) is 17.4 Å². The standard InChI is InChI=1S/C27H23Cl2N3O4/c1-34-22-10-17-8-9-32(26(16-6-4-3-5-7-16)19(17)13-23(22)35-2)24(33)14-36-27-20-11-18(28)12-21(29)25(20)30-15-31-27/h3-7,10-13,15,26H,8-9,14H2,1-2H3/t26-/m1/s1. The third-order valence-corrected chi connectivity index (χ3v) is 6.77. The molecule has 36 heavy (non-hydrogen) atoms. The zero-order chi connectivity index (χ0) is 25.2. The molecule has 0 saturated carbocycles. The van der Waals surface area contributed by atoms with E-state index in [0.29, 0.717) is 45.4 Å². The van der Waals surface area contributed by atoms with Gasteiger partial charge in [0.25, 0.3) is 5.91 Å². The molecule has 1 amide bonds. The molecule has 184 valence electrons. The van der Waals surface area contributed by atoms with E-state index in [1.807, 2.05) is 47.4 Å². The quantitative estimate of drug-likeness (QED) is 0.332. The van der Waals surface area contributed by atoms with Crippen LogP contribution >= 0.6 is 23.2 Å². The number of halogens is 2. The van der Waals surface area contributed by atoms with Crippen molar-refractivity contribution in [1.29, 1.82) is 0 Å². The SMILES string of the molecule is COc1cc2c(cc1OC)[C@@H](c1ccccc1)N(C(=O)COc1ncnc3c(Cl)cc(Cl)cc13)CC2. The summed E-state index contributed by atoms with van der Waals surface area (Å²) < 4.78 is 17.0. The summed E-state index contributed by atoms with van der Waals surface area (Å²) in [4.78, 5) is 23.8. The number of benzene rings is 3. The number of nitrogens with zero attached hydrogens (tertiary/aromatic N) is 3. The molecule has 4 aromatic rings. The van der Waals surface area contributed by atoms with Gasteiger partial charge in [0.1, 0.15) is 6.33 Å². The average Bonchev–Trinajstić information content (AvgIpc) is 2.90. The van der Waals surface area contributed by atoms with Gasteiger partial charge in [-0.2, -0.15) is 0 Å². The van der Waals surface area contributed by atoms with Gasteiger partial charge < -0.3 is 19.1 Å². The van der Waals surface area contributed by atoms with Crippen LogP contribution in [0.1, 0.15) is 22.7 Å². The molecular weight excluding hydrogens is 501 g/mol. The first-order valence-electron chi connectivity index (χ1n) is 11.3. The van der Waals surface area contributed by atoms with Crippen molar-refractivity contribution in [2.75, 3.05) is 27.4 Å². The molecular formula is C27H23Cl2N3O4. The van der Waals surface area contributed by atoms with Crippen molar-refractivity contribution >= 4 is 40.0 Å². The van der Waals surface area contributed by atoms with Gasteiger partial charge in [-0.3, -0.25) is 4.79 Å². The number of fused-ring (bicyclic) bond motifs is 2. The number of amides is 1. The van der Waals surface area contributed by atoms with Crippen LogP contribution in [-0.2, 0) is 11.2 Å². The highest BCUT2D eigenvalue weighted by Crippen LogP contribution is 2.41. The van der Waals surface area contributed by atoms with Gasteiger partial charge in [-0.05, 0) is 47.4 Å². The van der Waals surface area contributed by atoms with Gasteiger partial charge in [0, 0.05) is 11.6 Å². The number of hydrogen-bond acceptors (Lipinski definition) is 6. The lowest BCUT2D eigenvalue weighted by Gasteiger charge is -2.38. The maximum atomic E-state index is 13.6. The van der Waals surface area contributed by atoms with E-state index in [2.05, 4.69) is 9.97 Å². The Labute approximate surface area is 218 Å². The van der Waals surface area contributed by atoms with Crippen molar-refractivity contribution in [3.05, 3.63) is 87.7 Å². The minimum absolute atomic E-state index is 0.177. The molecule has 0 unspecified atom stereocenters. The molecule has 1 aliphatic rings. The number of methoxy groups -OCH3 is 2. The molecule has 0 radical (unpaired) electrons. The summed E-state index contributed by atoms with van der Waals surface area (Å²) in [5.41, 5.74) is 3.60. The summed E-state index contributed by atoms with van der Waals surface area (Å²) in [7, 11) is 3.22. The van der Waals surface area contributed by atoms with Gasteiger partial charge in [0.05, 0.1) is 36.2 Å². The van der Waals surface area contributed by atoms with Crippen molar-refractivity contribution in [2.45, 2.75) is 12.5 Å². The van der Waals surface area contributed by atoms with Crippen LogP contribution in [0.25, 0.3) is 10.9 Å². The summed E-state index contributed by atoms with van der Waals surface area (Å²) in [5.74, 6) is 1.35. The van der Waals surface area contributed by atoms with Crippen molar-refractivity contribution in [1.82, 2.24) is 14.9 Å². The Hall–Kier alpha value is -3.55. The number of ether oxygens (including phenoxy) is 3. The fraction of sp³-hybridized carbons (Fsp3) is 0.222. The lowest BCUT2D eigenvalue weighted by atomic mass is 9.87. The fourth-order valence-corrected chi connectivity index (χ4v) is 5.15. The minimum Gasteiger partial charge on any atom is -0.493 e. The number of rotatable bonds is 6. The summed E-state index contributed by atoms with van der Waals surface area (Å²) in [6.07, 6.45) is 2.03. The fourth-order valence-electron chi connectivity index (χ4n) is 4.61. The van der Waals surface area contributed by atoms with Crippen LogP contribution in [0.4, 0.5) is 0 Å². The molecule has 7 nitrogen and oxygen atoms in total. The second kappa shape index (κ2) is 10.2. The maximum absolute atomic E-state index is 13.6. The first-order valence-corrected chi connectivity index (χ1v) is 12.1. The Morgan fingerprint density at radius 2 is 1.78 bits per heavy atom. The molecule has 1 aromatic heterocycles. The summed E-state index contributed by atoms with van der Waals surface area (Å²) in [6.45, 7) is 0.314. The Balaban J connectivity index is 1.48. The van der Waals surface area contributed by atoms with Gasteiger partial charge in [-0.15, -0.1) is 0 Å². The summed E-state index contributed by atoms with van der Waals surface area (Å²) >= 11 is 12.4. The van der Waals surface area contributed by atoms with E-state index in [0.717, 1.165) is 16.7 Å². The van der Waals surface area contributed by atoms with Gasteiger partial charge >= 0.3 is 0 Å². The molecule has 0 N–H and O–H groups in total. The molecule has 0 aliphatic carbocycles. The Bertz CT molecular complexity index is 1430. The van der Waals surface area contributed by atoms with Crippen LogP contribution in [-0.4, -0.2) is 48.1 Å². The van der Waals surface area contributed by atoms with Crippen molar-refractivity contribution in [2.24, 2.45) is 0 Å². The first-order chi connectivity index (χ1) is 17.5. The van der Waals surface area contributed by atoms with Gasteiger partial charge in [0.2, 0.25) is 5.88 Å². The predicted molar refractivity (Wildman–Crippen MR) is 138 cm³/mol. The summed E-state index contributed by atoms with van der Waals surface area (Å²) in [6, 6.07) is 16.8. The van der Waals surface area contributed by atoms with E-state index < -0.39 is 0 Å². The Morgan fingerprint density at radius 3 is 2.53 bits per heavy atom. The first kappa shape index (κ1) is 24.2. The van der Waals surface area contributed by atoms with Crippen LogP contribution in [0.5, 0.6) is 17.4 Å². The number of aromatic nitrogens is 2. The zero-order valence-corrected chi connectivity index (χ0v) is 21.2. The van der Waals surface area contributed by atoms with E-state index in [-0.39, 0.29) is 24.4 Å². The van der Waals surface area contributed by atoms with E-state index in [9.17, 15) is 4.79 Å². The highest BCUT2D eigenvalue weighted by molar-refractivity contribution is 6.38. The molecule has 2 heterocycles. The van der Waals surface area contributed by atoms with E-state index in [1.54, 1.807) is 26.4 Å². The molecule has 0 saturated heterocycles. The summed E-state index contributed by atoms with van der Waals surface area (Å²) in [5, 5.41) is 1.36. The van der Waals surface area contributed by atoms with Gasteiger partial charge in [-0.1, -0.05) is 53.5 Å². The van der Waals surface area contributed by atoms with Crippen LogP contribution in [0, 0.1) is 0 Å². The van der Waals surface area contributed by atoms with Crippen LogP contribution < -0.4 is 14.2 Å². The second-order valence-corrected chi connectivity index (χ2v) is 9.15. The Morgan fingerprint density at radius 1 is 1.03 bits per heavy atom. The average molecular weight is 524 g/mol. The molecule has 3 aromatic carbocycles. The van der Waals surface area contributed by atoms with E-state index in [1.165, 1.54) is 6.33 Å². The minimum atomic E-state index is -0.308. The predicted octanol–water partition coefficient (Wildman–Crippen LogP) is 5.51. The molecule has 9 heteroatoms. The lowest BCUT2D eigenvalue weighted by molar-refractivity contribution is -0.135. The highest BCUT2D eigenvalue weighted by atomic mass is 35.5. The van der Waals surface area contributed by atoms with Crippen molar-refractivity contribution < 1.29 is 19.0 Å². The highest BCUT2D eigenvalue weighted by Gasteiger charge is 2.33. The van der Waals surface area contributed by atoms with Gasteiger partial charge in [0.15, 0.2) is 18.1 Å². The van der Waals surface area contributed by atoms with E-state index >= 15 is 0 Å². The third kappa shape index (κ3) is 4.52. The topological polar surface area (TPSA) is 73.8 Å². The molecule has 0 bridgehead atoms. The monoisotopic (exact) mass is 523 g/mol. The van der Waals surface area contributed by atoms with E-state index in [4.69, 9.17) is 37.4 Å². The van der Waals surface area contributed by atoms with Crippen LogP contribution in [0.2, 0.25) is 10.0 Å². The van der Waals surface area contributed by atoms with Crippen LogP contribution in [0.15, 0.2) is 60.9 Å². The number of carbonyl (C=O) groups excluding carboxylic acids is 1. The molecule has 1 atom stereocenters. The lowest BCUT2D eigenvalue weighted by Crippen LogP contribution is -2.43. The smallest absolute Gasteiger partial charge is 0.261 e. The normalized spacial score (nSPS) is 14.9. The number of carbonyl (C=O) groups is 1. The largest absolute Gasteiger partial charge is 0.493 e. The zero-order valence-electron chi connectivity index (χ0n) is 19.7. The maximum Gasteiger partial charge on any atom is 0.261 e. The molecule has 1 aliphatic heterocycles. The molecule has 5 rings (SSSR count). The third-order valence-electron chi connectivity index (χ3n) is 6.26. The molecule has 0 spiro atoms. The molecule has 0 fully saturated rings. The number of hydrogen-bond donors (Lipinski definition) is 0. The second-order valence-electron chi connectivity index (χ2n) is 8.31.